The number of hydrogen-bond acceptors (Lipinski definition) is 1. The van der Waals surface area contributed by atoms with Crippen LogP contribution in [0.15, 0.2) is 46.9 Å². The molecule has 94 valence electrons. The van der Waals surface area contributed by atoms with Crippen LogP contribution >= 0.6 is 15.9 Å². The molecule has 1 nitrogen and oxygen atoms in total. The second kappa shape index (κ2) is 5.59. The highest BCUT2D eigenvalue weighted by Crippen LogP contribution is 2.26. The second-order valence-corrected chi connectivity index (χ2v) is 4.87. The van der Waals surface area contributed by atoms with Crippen LogP contribution in [0.1, 0.15) is 17.2 Å². The van der Waals surface area contributed by atoms with Crippen molar-refractivity contribution in [1.82, 2.24) is 0 Å². The van der Waals surface area contributed by atoms with E-state index in [0.29, 0.717) is 15.6 Å². The Morgan fingerprint density at radius 1 is 1.06 bits per heavy atom. The van der Waals surface area contributed by atoms with Gasteiger partial charge >= 0.3 is 0 Å². The van der Waals surface area contributed by atoms with Crippen LogP contribution in [-0.2, 0) is 6.42 Å². The first kappa shape index (κ1) is 13.2. The van der Waals surface area contributed by atoms with Crippen molar-refractivity contribution in [3.8, 4) is 0 Å². The summed E-state index contributed by atoms with van der Waals surface area (Å²) in [6.45, 7) is 0. The van der Waals surface area contributed by atoms with Gasteiger partial charge in [-0.2, -0.15) is 0 Å². The Morgan fingerprint density at radius 3 is 2.44 bits per heavy atom. The number of aliphatic hydroxyl groups is 1. The van der Waals surface area contributed by atoms with Crippen molar-refractivity contribution in [3.63, 3.8) is 0 Å². The largest absolute Gasteiger partial charge is 0.388 e. The maximum atomic E-state index is 13.0. The van der Waals surface area contributed by atoms with Gasteiger partial charge in [0, 0.05) is 10.9 Å². The first-order chi connectivity index (χ1) is 8.56. The molecule has 0 fully saturated rings. The molecule has 0 amide bonds. The molecule has 0 aromatic heterocycles. The molecule has 0 radical (unpaired) electrons. The molecular formula is C14H11BrF2O. The summed E-state index contributed by atoms with van der Waals surface area (Å²) in [4.78, 5) is 0. The van der Waals surface area contributed by atoms with Gasteiger partial charge in [0.2, 0.25) is 0 Å². The van der Waals surface area contributed by atoms with Crippen molar-refractivity contribution in [1.29, 1.82) is 0 Å². The van der Waals surface area contributed by atoms with Crippen molar-refractivity contribution in [3.05, 3.63) is 69.7 Å². The van der Waals surface area contributed by atoms with Crippen molar-refractivity contribution in [2.45, 2.75) is 12.5 Å². The zero-order valence-electron chi connectivity index (χ0n) is 9.41. The standard InChI is InChI=1S/C14H11BrF2O/c15-13-8-11(17)4-5-12(13)14(18)7-9-2-1-3-10(16)6-9/h1-6,8,14,18H,7H2. The van der Waals surface area contributed by atoms with E-state index in [2.05, 4.69) is 15.9 Å². The molecule has 1 atom stereocenters. The Hall–Kier alpha value is -1.26. The van der Waals surface area contributed by atoms with Gasteiger partial charge in [0.1, 0.15) is 11.6 Å². The molecule has 18 heavy (non-hydrogen) atoms. The van der Waals surface area contributed by atoms with Crippen LogP contribution in [0.25, 0.3) is 0 Å². The van der Waals surface area contributed by atoms with Crippen LogP contribution in [0.5, 0.6) is 0 Å². The monoisotopic (exact) mass is 312 g/mol. The van der Waals surface area contributed by atoms with Crippen molar-refractivity contribution in [2.75, 3.05) is 0 Å². The highest BCUT2D eigenvalue weighted by molar-refractivity contribution is 9.10. The fraction of sp³-hybridized carbons (Fsp3) is 0.143. The molecule has 1 unspecified atom stereocenters. The first-order valence-electron chi connectivity index (χ1n) is 5.44. The molecule has 0 spiro atoms. The summed E-state index contributed by atoms with van der Waals surface area (Å²) in [5.41, 5.74) is 1.28. The van der Waals surface area contributed by atoms with E-state index < -0.39 is 6.10 Å². The maximum Gasteiger partial charge on any atom is 0.124 e. The van der Waals surface area contributed by atoms with Gasteiger partial charge in [-0.15, -0.1) is 0 Å². The lowest BCUT2D eigenvalue weighted by atomic mass is 10.0. The molecule has 2 rings (SSSR count). The van der Waals surface area contributed by atoms with Gasteiger partial charge in [0.15, 0.2) is 0 Å². The summed E-state index contributed by atoms with van der Waals surface area (Å²) in [6, 6.07) is 10.2. The lowest BCUT2D eigenvalue weighted by Gasteiger charge is -2.13. The van der Waals surface area contributed by atoms with Crippen molar-refractivity contribution in [2.24, 2.45) is 0 Å². The number of rotatable bonds is 3. The number of aliphatic hydroxyl groups excluding tert-OH is 1. The smallest absolute Gasteiger partial charge is 0.124 e. The molecule has 0 saturated carbocycles. The summed E-state index contributed by atoms with van der Waals surface area (Å²) < 4.78 is 26.4. The molecule has 0 heterocycles. The molecule has 2 aromatic rings. The zero-order valence-corrected chi connectivity index (χ0v) is 11.0. The molecule has 1 N–H and O–H groups in total. The van der Waals surface area contributed by atoms with Gasteiger partial charge in [0.05, 0.1) is 6.10 Å². The minimum Gasteiger partial charge on any atom is -0.388 e. The normalized spacial score (nSPS) is 12.4. The van der Waals surface area contributed by atoms with Gasteiger partial charge < -0.3 is 5.11 Å². The highest BCUT2D eigenvalue weighted by Gasteiger charge is 2.13. The minimum absolute atomic E-state index is 0.280. The second-order valence-electron chi connectivity index (χ2n) is 4.02. The van der Waals surface area contributed by atoms with E-state index in [4.69, 9.17) is 0 Å². The van der Waals surface area contributed by atoms with Gasteiger partial charge in [-0.05, 0) is 35.4 Å². The molecule has 0 aliphatic rings. The van der Waals surface area contributed by atoms with E-state index in [1.807, 2.05) is 0 Å². The third-order valence-electron chi connectivity index (χ3n) is 2.64. The van der Waals surface area contributed by atoms with E-state index in [-0.39, 0.29) is 18.1 Å². The van der Waals surface area contributed by atoms with Crippen LogP contribution < -0.4 is 0 Å². The number of hydrogen-bond donors (Lipinski definition) is 1. The van der Waals surface area contributed by atoms with Crippen LogP contribution in [0.4, 0.5) is 8.78 Å². The van der Waals surface area contributed by atoms with Crippen LogP contribution in [-0.4, -0.2) is 5.11 Å². The predicted octanol–water partition coefficient (Wildman–Crippen LogP) is 4.00. The van der Waals surface area contributed by atoms with Gasteiger partial charge in [0.25, 0.3) is 0 Å². The van der Waals surface area contributed by atoms with E-state index in [1.54, 1.807) is 12.1 Å². The predicted molar refractivity (Wildman–Crippen MR) is 69.2 cm³/mol. The molecule has 0 bridgehead atoms. The fourth-order valence-electron chi connectivity index (χ4n) is 1.77. The Bertz CT molecular complexity index is 557. The summed E-state index contributed by atoms with van der Waals surface area (Å²) in [6.07, 6.45) is -0.524. The van der Waals surface area contributed by atoms with Gasteiger partial charge in [-0.1, -0.05) is 34.1 Å². The molecule has 4 heteroatoms. The number of benzene rings is 2. The zero-order chi connectivity index (χ0) is 13.1. The van der Waals surface area contributed by atoms with Crippen LogP contribution in [0.2, 0.25) is 0 Å². The summed E-state index contributed by atoms with van der Waals surface area (Å²) in [5.74, 6) is -0.707. The average Bonchev–Trinajstić information content (AvgIpc) is 2.28. The summed E-state index contributed by atoms with van der Waals surface area (Å²) in [7, 11) is 0. The van der Waals surface area contributed by atoms with Crippen molar-refractivity contribution < 1.29 is 13.9 Å². The van der Waals surface area contributed by atoms with Gasteiger partial charge in [-0.25, -0.2) is 8.78 Å². The van der Waals surface area contributed by atoms with E-state index in [0.717, 1.165) is 0 Å². The lowest BCUT2D eigenvalue weighted by Crippen LogP contribution is -2.03. The van der Waals surface area contributed by atoms with Crippen molar-refractivity contribution >= 4 is 15.9 Å². The Morgan fingerprint density at radius 2 is 1.78 bits per heavy atom. The SMILES string of the molecule is OC(Cc1cccc(F)c1)c1ccc(F)cc1Br. The molecular weight excluding hydrogens is 302 g/mol. The third kappa shape index (κ3) is 3.15. The Labute approximate surface area is 112 Å². The average molecular weight is 313 g/mol. The Kier molecular flexibility index (Phi) is 4.09. The summed E-state index contributed by atoms with van der Waals surface area (Å²) >= 11 is 3.20. The minimum atomic E-state index is -0.804. The quantitative estimate of drug-likeness (QED) is 0.908. The van der Waals surface area contributed by atoms with E-state index in [1.165, 1.54) is 30.3 Å². The number of halogens is 3. The molecule has 2 aromatic carbocycles. The molecule has 0 saturated heterocycles. The van der Waals surface area contributed by atoms with E-state index >= 15 is 0 Å². The Balaban J connectivity index is 2.19. The van der Waals surface area contributed by atoms with E-state index in [9.17, 15) is 13.9 Å². The lowest BCUT2D eigenvalue weighted by molar-refractivity contribution is 0.177. The van der Waals surface area contributed by atoms with Crippen LogP contribution in [0.3, 0.4) is 0 Å². The van der Waals surface area contributed by atoms with Crippen LogP contribution in [0, 0.1) is 11.6 Å². The molecule has 0 aliphatic carbocycles. The first-order valence-corrected chi connectivity index (χ1v) is 6.23. The maximum absolute atomic E-state index is 13.0. The fourth-order valence-corrected chi connectivity index (χ4v) is 2.38. The third-order valence-corrected chi connectivity index (χ3v) is 3.33. The molecule has 0 aliphatic heterocycles. The summed E-state index contributed by atoms with van der Waals surface area (Å²) in [5, 5.41) is 10.1. The topological polar surface area (TPSA) is 20.2 Å². The highest BCUT2D eigenvalue weighted by atomic mass is 79.9. The van der Waals surface area contributed by atoms with Gasteiger partial charge in [-0.3, -0.25) is 0 Å².